The van der Waals surface area contributed by atoms with Crippen molar-refractivity contribution in [3.63, 3.8) is 0 Å². The van der Waals surface area contributed by atoms with Gasteiger partial charge in [-0.15, -0.1) is 0 Å². The molecule has 252 valence electrons. The van der Waals surface area contributed by atoms with Gasteiger partial charge in [-0.1, -0.05) is 32.9 Å². The number of fused-ring (bicyclic) bond motifs is 4. The Kier molecular flexibility index (Phi) is 8.16. The number of carbonyl (C=O) groups is 1. The Morgan fingerprint density at radius 1 is 1.00 bits per heavy atom. The topological polar surface area (TPSA) is 132 Å². The SMILES string of the molecule is Cn1c2c(cc(Nc3ccc(C(=O)N4CCOCC4)cn3)c1=O)-c1cccc(-n3ncc4cc(C(C)(C)C)cc(F)c4c3=O)c1C[C@H](O)C2. The van der Waals surface area contributed by atoms with Crippen LogP contribution >= 0.6 is 0 Å². The van der Waals surface area contributed by atoms with Crippen molar-refractivity contribution in [2.75, 3.05) is 31.6 Å². The number of halogens is 1. The number of nitrogens with zero attached hydrogens (tertiary/aromatic N) is 5. The molecule has 7 rings (SSSR count). The largest absolute Gasteiger partial charge is 0.392 e. The first-order valence-corrected chi connectivity index (χ1v) is 16.3. The van der Waals surface area contributed by atoms with Crippen LogP contribution in [0.1, 0.15) is 48.0 Å². The van der Waals surface area contributed by atoms with Crippen LogP contribution in [0.2, 0.25) is 0 Å². The number of hydrogen-bond acceptors (Lipinski definition) is 8. The van der Waals surface area contributed by atoms with Gasteiger partial charge in [-0.3, -0.25) is 14.4 Å². The van der Waals surface area contributed by atoms with E-state index in [1.165, 1.54) is 27.7 Å². The normalized spacial score (nSPS) is 16.2. The summed E-state index contributed by atoms with van der Waals surface area (Å²) in [6, 6.07) is 13.6. The average Bonchev–Trinajstić information content (AvgIpc) is 3.23. The number of hydrogen-bond donors (Lipinski definition) is 2. The molecule has 49 heavy (non-hydrogen) atoms. The minimum absolute atomic E-state index is 0.0609. The van der Waals surface area contributed by atoms with Gasteiger partial charge >= 0.3 is 0 Å². The van der Waals surface area contributed by atoms with Gasteiger partial charge in [0.25, 0.3) is 17.0 Å². The van der Waals surface area contributed by atoms with Crippen molar-refractivity contribution in [3.8, 4) is 16.8 Å². The minimum atomic E-state index is -0.869. The number of aromatic nitrogens is 4. The first kappa shape index (κ1) is 32.4. The van der Waals surface area contributed by atoms with Gasteiger partial charge in [0.1, 0.15) is 17.3 Å². The molecule has 2 aliphatic rings. The zero-order valence-electron chi connectivity index (χ0n) is 27.8. The van der Waals surface area contributed by atoms with Crippen molar-refractivity contribution in [2.45, 2.75) is 45.1 Å². The predicted molar refractivity (Wildman–Crippen MR) is 184 cm³/mol. The van der Waals surface area contributed by atoms with Crippen molar-refractivity contribution < 1.29 is 19.0 Å². The van der Waals surface area contributed by atoms with Crippen LogP contribution in [0.4, 0.5) is 15.9 Å². The third kappa shape index (κ3) is 5.91. The Hall–Kier alpha value is -5.20. The standard InChI is InChI=1S/C37H37FN6O5/c1-37(2,3)23-14-22-20-40-44(36(48)33(22)28(38)15-23)30-7-5-6-25-26(30)16-24(45)17-31-27(25)18-29(35(47)42(31)4)41-32-9-8-21(19-39-32)34(46)43-10-12-49-13-11-43/h5-9,14-15,18-20,24,45H,10-13,16-17H2,1-4H3,(H,39,41)/t24-/m0/s1. The molecule has 3 aromatic heterocycles. The molecule has 1 saturated heterocycles. The number of aliphatic hydroxyl groups is 1. The number of amides is 1. The van der Waals surface area contributed by atoms with Crippen LogP contribution in [-0.2, 0) is 30.0 Å². The quantitative estimate of drug-likeness (QED) is 0.292. The minimum Gasteiger partial charge on any atom is -0.392 e. The molecule has 1 aliphatic heterocycles. The van der Waals surface area contributed by atoms with Gasteiger partial charge in [0.05, 0.1) is 42.2 Å². The van der Waals surface area contributed by atoms with E-state index in [-0.39, 0.29) is 40.8 Å². The maximum absolute atomic E-state index is 15.5. The van der Waals surface area contributed by atoms with Gasteiger partial charge < -0.3 is 24.6 Å². The Bertz CT molecular complexity index is 2230. The third-order valence-electron chi connectivity index (χ3n) is 9.35. The van der Waals surface area contributed by atoms with E-state index in [9.17, 15) is 19.5 Å². The van der Waals surface area contributed by atoms with E-state index in [0.29, 0.717) is 71.1 Å². The maximum atomic E-state index is 15.5. The number of anilines is 2. The summed E-state index contributed by atoms with van der Waals surface area (Å²) in [6.07, 6.45) is 2.47. The van der Waals surface area contributed by atoms with Crippen LogP contribution in [0.5, 0.6) is 0 Å². The Balaban J connectivity index is 1.29. The van der Waals surface area contributed by atoms with Crippen LogP contribution < -0.4 is 16.4 Å². The van der Waals surface area contributed by atoms with E-state index in [1.54, 1.807) is 48.3 Å². The molecule has 1 atom stereocenters. The second-order valence-electron chi connectivity index (χ2n) is 13.6. The highest BCUT2D eigenvalue weighted by molar-refractivity contribution is 5.94. The van der Waals surface area contributed by atoms with Crippen LogP contribution in [0.3, 0.4) is 0 Å². The summed E-state index contributed by atoms with van der Waals surface area (Å²) in [5.74, 6) is -0.373. The third-order valence-corrected chi connectivity index (χ3v) is 9.35. The van der Waals surface area contributed by atoms with Gasteiger partial charge in [-0.2, -0.15) is 9.78 Å². The van der Waals surface area contributed by atoms with Crippen molar-refractivity contribution in [1.82, 2.24) is 24.2 Å². The lowest BCUT2D eigenvalue weighted by Crippen LogP contribution is -2.40. The van der Waals surface area contributed by atoms with Gasteiger partial charge in [0.15, 0.2) is 0 Å². The van der Waals surface area contributed by atoms with Crippen LogP contribution in [0, 0.1) is 5.82 Å². The summed E-state index contributed by atoms with van der Waals surface area (Å²) in [5, 5.41) is 19.1. The molecule has 4 heterocycles. The lowest BCUT2D eigenvalue weighted by atomic mass is 9.86. The van der Waals surface area contributed by atoms with Gasteiger partial charge in [-0.25, -0.2) is 9.37 Å². The summed E-state index contributed by atoms with van der Waals surface area (Å²) in [5.41, 5.74) is 3.27. The van der Waals surface area contributed by atoms with E-state index < -0.39 is 17.5 Å². The van der Waals surface area contributed by atoms with Crippen LogP contribution in [0.15, 0.2) is 70.5 Å². The summed E-state index contributed by atoms with van der Waals surface area (Å²) in [7, 11) is 1.65. The van der Waals surface area contributed by atoms with Crippen LogP contribution in [0.25, 0.3) is 27.6 Å². The molecule has 0 spiro atoms. The lowest BCUT2D eigenvalue weighted by Gasteiger charge is -2.26. The molecule has 0 saturated carbocycles. The van der Waals surface area contributed by atoms with Crippen molar-refractivity contribution in [2.24, 2.45) is 7.05 Å². The van der Waals surface area contributed by atoms with Gasteiger partial charge in [-0.05, 0) is 58.5 Å². The zero-order valence-corrected chi connectivity index (χ0v) is 27.8. The smallest absolute Gasteiger partial charge is 0.282 e. The number of carbonyl (C=O) groups excluding carboxylic acids is 1. The van der Waals surface area contributed by atoms with Crippen molar-refractivity contribution in [3.05, 3.63) is 110 Å². The second-order valence-corrected chi connectivity index (χ2v) is 13.6. The molecule has 5 aromatic rings. The fraction of sp³-hybridized carbons (Fsp3) is 0.324. The zero-order chi connectivity index (χ0) is 34.6. The first-order valence-electron chi connectivity index (χ1n) is 16.3. The second kappa shape index (κ2) is 12.4. The maximum Gasteiger partial charge on any atom is 0.282 e. The van der Waals surface area contributed by atoms with Crippen molar-refractivity contribution >= 4 is 28.2 Å². The molecule has 11 nitrogen and oxygen atoms in total. The fourth-order valence-corrected chi connectivity index (χ4v) is 6.63. The summed E-state index contributed by atoms with van der Waals surface area (Å²) >= 11 is 0. The highest BCUT2D eigenvalue weighted by Gasteiger charge is 2.27. The highest BCUT2D eigenvalue weighted by atomic mass is 19.1. The number of morpholine rings is 1. The molecule has 1 fully saturated rings. The van der Waals surface area contributed by atoms with E-state index in [1.807, 2.05) is 26.8 Å². The highest BCUT2D eigenvalue weighted by Crippen LogP contribution is 2.36. The molecule has 12 heteroatoms. The van der Waals surface area contributed by atoms with E-state index in [2.05, 4.69) is 15.4 Å². The summed E-state index contributed by atoms with van der Waals surface area (Å²) in [4.78, 5) is 46.4. The number of rotatable bonds is 4. The molecule has 2 N–H and O–H groups in total. The van der Waals surface area contributed by atoms with Gasteiger partial charge in [0, 0.05) is 55.8 Å². The van der Waals surface area contributed by atoms with Crippen LogP contribution in [-0.4, -0.2) is 67.7 Å². The number of benzene rings is 2. The predicted octanol–water partition coefficient (Wildman–Crippen LogP) is 4.26. The van der Waals surface area contributed by atoms with Crippen molar-refractivity contribution in [1.29, 1.82) is 0 Å². The number of nitrogens with one attached hydrogen (secondary N) is 1. The number of ether oxygens (including phenoxy) is 1. The molecular formula is C37H37FN6O5. The molecular weight excluding hydrogens is 627 g/mol. The monoisotopic (exact) mass is 664 g/mol. The Morgan fingerprint density at radius 3 is 2.49 bits per heavy atom. The molecule has 1 aliphatic carbocycles. The summed E-state index contributed by atoms with van der Waals surface area (Å²) < 4.78 is 23.5. The average molecular weight is 665 g/mol. The Morgan fingerprint density at radius 2 is 1.78 bits per heavy atom. The molecule has 1 amide bonds. The molecule has 0 bridgehead atoms. The molecule has 0 unspecified atom stereocenters. The van der Waals surface area contributed by atoms with E-state index in [4.69, 9.17) is 4.74 Å². The number of aliphatic hydroxyl groups excluding tert-OH is 1. The Labute approximate surface area is 281 Å². The fourth-order valence-electron chi connectivity index (χ4n) is 6.63. The van der Waals surface area contributed by atoms with E-state index >= 15 is 4.39 Å². The van der Waals surface area contributed by atoms with E-state index in [0.717, 1.165) is 5.56 Å². The summed E-state index contributed by atoms with van der Waals surface area (Å²) in [6.45, 7) is 7.95. The van der Waals surface area contributed by atoms with Gasteiger partial charge in [0.2, 0.25) is 0 Å². The lowest BCUT2D eigenvalue weighted by molar-refractivity contribution is 0.0302. The molecule has 2 aromatic carbocycles. The molecule has 0 radical (unpaired) electrons. The number of pyridine rings is 2. The first-order chi connectivity index (χ1) is 23.4.